The minimum atomic E-state index is 0.977. The molecule has 0 aliphatic carbocycles. The summed E-state index contributed by atoms with van der Waals surface area (Å²) in [5, 5.41) is 0. The summed E-state index contributed by atoms with van der Waals surface area (Å²) in [5.41, 5.74) is 24.5. The third kappa shape index (κ3) is 13.2. The van der Waals surface area contributed by atoms with Crippen molar-refractivity contribution in [2.24, 2.45) is 21.1 Å². The van der Waals surface area contributed by atoms with Crippen molar-refractivity contribution in [1.29, 1.82) is 0 Å². The zero-order valence-electron chi connectivity index (χ0n) is 46.8. The zero-order chi connectivity index (χ0) is 54.9. The maximum Gasteiger partial charge on any atom is 0.106 e. The SMILES string of the molecule is Cc1ccc2[nH]cnc2c1C.Cc1ccc2nc(C)[nH]c2c1.Cc1ccc2nc(C)[nH]c2c1.Cc1ccc2ncn(C)c2c1.Cc1cccc2ncn(C)c12.Cc1nc2c(C)cccc2[nH]1.Cc1nc2ccccc2n1C. The van der Waals surface area contributed by atoms with E-state index in [1.165, 1.54) is 55.5 Å². The number of para-hydroxylation sites is 4. The molecule has 0 spiro atoms. The number of nitrogens with zero attached hydrogens (tertiary/aromatic N) is 10. The number of aryl methyl sites for hydroxylation is 14. The largest absolute Gasteiger partial charge is 0.345 e. The maximum absolute atomic E-state index is 4.38. The first-order valence-electron chi connectivity index (χ1n) is 25.7. The number of aromatic nitrogens is 14. The molecule has 0 saturated carbocycles. The number of hydrogen-bond acceptors (Lipinski definition) is 7. The first-order valence-corrected chi connectivity index (χ1v) is 25.7. The number of fused-ring (bicyclic) bond motifs is 7. The lowest BCUT2D eigenvalue weighted by Gasteiger charge is -1.98. The lowest BCUT2D eigenvalue weighted by Crippen LogP contribution is -1.89. The lowest BCUT2D eigenvalue weighted by atomic mass is 10.1. The minimum absolute atomic E-state index is 0.977. The van der Waals surface area contributed by atoms with Gasteiger partial charge in [-0.1, -0.05) is 60.7 Å². The van der Waals surface area contributed by atoms with Gasteiger partial charge in [-0.25, -0.2) is 34.9 Å². The molecule has 14 nitrogen and oxygen atoms in total. The van der Waals surface area contributed by atoms with E-state index < -0.39 is 0 Å². The Morgan fingerprint density at radius 2 is 0.935 bits per heavy atom. The maximum atomic E-state index is 4.38. The van der Waals surface area contributed by atoms with Gasteiger partial charge in [0, 0.05) is 21.1 Å². The van der Waals surface area contributed by atoms with Gasteiger partial charge in [0.1, 0.15) is 23.3 Å². The van der Waals surface area contributed by atoms with Crippen LogP contribution in [0.15, 0.2) is 146 Å². The van der Waals surface area contributed by atoms with Gasteiger partial charge in [-0.3, -0.25) is 0 Å². The molecule has 14 rings (SSSR count). The molecule has 77 heavy (non-hydrogen) atoms. The van der Waals surface area contributed by atoms with Crippen molar-refractivity contribution in [1.82, 2.24) is 68.5 Å². The summed E-state index contributed by atoms with van der Waals surface area (Å²) in [6, 6.07) is 43.3. The van der Waals surface area contributed by atoms with Crippen molar-refractivity contribution in [3.8, 4) is 0 Å². The van der Waals surface area contributed by atoms with Crippen LogP contribution in [0.5, 0.6) is 0 Å². The Hall–Kier alpha value is -9.17. The summed E-state index contributed by atoms with van der Waals surface area (Å²) in [5.74, 6) is 4.00. The highest BCUT2D eigenvalue weighted by molar-refractivity contribution is 5.81. The lowest BCUT2D eigenvalue weighted by molar-refractivity contribution is 0.886. The van der Waals surface area contributed by atoms with Crippen LogP contribution in [-0.2, 0) is 21.1 Å². The second-order valence-corrected chi connectivity index (χ2v) is 19.6. The summed E-state index contributed by atoms with van der Waals surface area (Å²) in [7, 11) is 6.06. The van der Waals surface area contributed by atoms with Crippen molar-refractivity contribution in [2.45, 2.75) is 76.2 Å². The number of H-pyrrole nitrogens is 4. The van der Waals surface area contributed by atoms with E-state index in [0.29, 0.717) is 0 Å². The molecule has 0 fully saturated rings. The van der Waals surface area contributed by atoms with Gasteiger partial charge in [0.05, 0.1) is 96.2 Å². The molecule has 0 unspecified atom stereocenters. The van der Waals surface area contributed by atoms with Crippen LogP contribution >= 0.6 is 0 Å². The topological polar surface area (TPSA) is 168 Å². The first kappa shape index (κ1) is 54.1. The molecule has 0 saturated heterocycles. The summed E-state index contributed by atoms with van der Waals surface area (Å²) in [6.07, 6.45) is 5.42. The van der Waals surface area contributed by atoms with E-state index in [-0.39, 0.29) is 0 Å². The molecule has 7 aromatic heterocycles. The molecular weight excluding hydrogens is 953 g/mol. The Bertz CT molecular complexity index is 4140. The standard InChI is InChI=1S/7C9H10N2/c1-7-3-4-8-9(5-7)11(2)6-10-8;1-6-3-4-8-9(7(6)2)11-5-10-8;2*1-6-3-4-8-9(5-6)11-7(2)10-8;1-7-4-3-5-8-9(7)11(2)6-10-8;1-7-10-8-5-3-4-6-9(8)11(7)2;1-6-4-3-5-8-9(6)11-7(2)10-8/h3-6H,1-2H3;3*3-5H,1-2H3,(H,10,11);2*3-6H,1-2H3;3-5H,1-2H3,(H,10,11). The summed E-state index contributed by atoms with van der Waals surface area (Å²) in [4.78, 5) is 42.7. The summed E-state index contributed by atoms with van der Waals surface area (Å²) < 4.78 is 6.17. The van der Waals surface area contributed by atoms with Crippen LogP contribution in [0.1, 0.15) is 62.2 Å². The molecular formula is C63H70N14. The minimum Gasteiger partial charge on any atom is -0.345 e. The van der Waals surface area contributed by atoms with Gasteiger partial charge in [0.2, 0.25) is 0 Å². The number of hydrogen-bond donors (Lipinski definition) is 4. The fraction of sp³-hybridized carbons (Fsp3) is 0.222. The second-order valence-electron chi connectivity index (χ2n) is 19.6. The fourth-order valence-corrected chi connectivity index (χ4v) is 8.97. The Labute approximate surface area is 449 Å². The number of rotatable bonds is 0. The van der Waals surface area contributed by atoms with E-state index >= 15 is 0 Å². The van der Waals surface area contributed by atoms with E-state index in [4.69, 9.17) is 0 Å². The molecule has 0 bridgehead atoms. The normalized spacial score (nSPS) is 10.7. The molecule has 14 heteroatoms. The van der Waals surface area contributed by atoms with Crippen LogP contribution in [-0.4, -0.2) is 68.5 Å². The van der Waals surface area contributed by atoms with Crippen LogP contribution < -0.4 is 0 Å². The van der Waals surface area contributed by atoms with Crippen LogP contribution in [0.3, 0.4) is 0 Å². The van der Waals surface area contributed by atoms with Gasteiger partial charge in [-0.2, -0.15) is 0 Å². The second kappa shape index (κ2) is 24.0. The van der Waals surface area contributed by atoms with Crippen molar-refractivity contribution in [2.75, 3.05) is 0 Å². The Morgan fingerprint density at radius 3 is 1.58 bits per heavy atom. The van der Waals surface area contributed by atoms with Crippen molar-refractivity contribution in [3.63, 3.8) is 0 Å². The molecule has 392 valence electrons. The molecule has 0 amide bonds. The summed E-state index contributed by atoms with van der Waals surface area (Å²) in [6.45, 7) is 22.5. The van der Waals surface area contributed by atoms with Crippen molar-refractivity contribution in [3.05, 3.63) is 209 Å². The van der Waals surface area contributed by atoms with E-state index in [2.05, 4.69) is 175 Å². The predicted molar refractivity (Wildman–Crippen MR) is 319 cm³/mol. The fourth-order valence-electron chi connectivity index (χ4n) is 8.97. The quantitative estimate of drug-likeness (QED) is 0.117. The molecule has 0 aliphatic heterocycles. The smallest absolute Gasteiger partial charge is 0.106 e. The molecule has 4 N–H and O–H groups in total. The Balaban J connectivity index is 0.000000119. The molecule has 0 atom stereocenters. The van der Waals surface area contributed by atoms with Gasteiger partial charge in [-0.05, 0) is 182 Å². The number of benzene rings is 7. The van der Waals surface area contributed by atoms with E-state index in [0.717, 1.165) is 84.0 Å². The average Bonchev–Trinajstić information content (AvgIpc) is 4.31. The monoisotopic (exact) mass is 1020 g/mol. The molecule has 0 aliphatic rings. The number of aromatic amines is 4. The van der Waals surface area contributed by atoms with Crippen LogP contribution in [0.25, 0.3) is 77.2 Å². The van der Waals surface area contributed by atoms with Gasteiger partial charge in [0.15, 0.2) is 0 Å². The molecule has 0 radical (unpaired) electrons. The van der Waals surface area contributed by atoms with Crippen molar-refractivity contribution >= 4 is 77.2 Å². The predicted octanol–water partition coefficient (Wildman–Crippen LogP) is 14.4. The molecule has 7 heterocycles. The van der Waals surface area contributed by atoms with Crippen LogP contribution in [0.4, 0.5) is 0 Å². The third-order valence-corrected chi connectivity index (χ3v) is 13.3. The summed E-state index contributed by atoms with van der Waals surface area (Å²) >= 11 is 0. The van der Waals surface area contributed by atoms with Crippen molar-refractivity contribution < 1.29 is 0 Å². The highest BCUT2D eigenvalue weighted by Gasteiger charge is 2.04. The highest BCUT2D eigenvalue weighted by Crippen LogP contribution is 2.19. The number of imidazole rings is 7. The average molecular weight is 1020 g/mol. The van der Waals surface area contributed by atoms with E-state index in [1.807, 2.05) is 131 Å². The highest BCUT2D eigenvalue weighted by atomic mass is 15.1. The molecule has 14 aromatic rings. The first-order chi connectivity index (χ1) is 36.9. The van der Waals surface area contributed by atoms with Gasteiger partial charge in [-0.15, -0.1) is 0 Å². The van der Waals surface area contributed by atoms with Gasteiger partial charge >= 0.3 is 0 Å². The van der Waals surface area contributed by atoms with Gasteiger partial charge in [0.25, 0.3) is 0 Å². The van der Waals surface area contributed by atoms with Crippen LogP contribution in [0.2, 0.25) is 0 Å². The van der Waals surface area contributed by atoms with E-state index in [9.17, 15) is 0 Å². The van der Waals surface area contributed by atoms with Crippen LogP contribution in [0, 0.1) is 76.2 Å². The Morgan fingerprint density at radius 1 is 0.377 bits per heavy atom. The zero-order valence-corrected chi connectivity index (χ0v) is 46.8. The molecule has 7 aromatic carbocycles. The number of nitrogens with one attached hydrogen (secondary N) is 4. The van der Waals surface area contributed by atoms with E-state index in [1.54, 1.807) is 6.33 Å². The van der Waals surface area contributed by atoms with Gasteiger partial charge < -0.3 is 33.6 Å². The Kier molecular flexibility index (Phi) is 16.9. The third-order valence-electron chi connectivity index (χ3n) is 13.3.